The summed E-state index contributed by atoms with van der Waals surface area (Å²) in [5.74, 6) is 0.210. The van der Waals surface area contributed by atoms with Crippen molar-refractivity contribution in [1.29, 1.82) is 0 Å². The zero-order chi connectivity index (χ0) is 27.8. The first-order valence-corrected chi connectivity index (χ1v) is 13.1. The van der Waals surface area contributed by atoms with Crippen molar-refractivity contribution in [1.82, 2.24) is 25.5 Å². The Morgan fingerprint density at radius 3 is 2.67 bits per heavy atom. The minimum absolute atomic E-state index is 0.0696. The van der Waals surface area contributed by atoms with Crippen molar-refractivity contribution >= 4 is 23.7 Å². The smallest absolute Gasteiger partial charge is 0.407 e. The number of amides is 1. The molecule has 1 aliphatic rings. The van der Waals surface area contributed by atoms with E-state index in [0.29, 0.717) is 32.1 Å². The first-order valence-electron chi connectivity index (χ1n) is 13.1. The van der Waals surface area contributed by atoms with Crippen LogP contribution in [0.5, 0.6) is 0 Å². The second-order valence-electron chi connectivity index (χ2n) is 10.6. The fourth-order valence-electron chi connectivity index (χ4n) is 4.39. The summed E-state index contributed by atoms with van der Waals surface area (Å²) < 4.78 is 5.31. The highest BCUT2D eigenvalue weighted by atomic mass is 16.6. The van der Waals surface area contributed by atoms with Gasteiger partial charge in [-0.15, -0.1) is 0 Å². The highest BCUT2D eigenvalue weighted by Gasteiger charge is 2.22. The number of esters is 1. The van der Waals surface area contributed by atoms with E-state index in [1.807, 2.05) is 75.4 Å². The molecule has 1 atom stereocenters. The Kier molecular flexibility index (Phi) is 9.11. The van der Waals surface area contributed by atoms with E-state index in [-0.39, 0.29) is 18.6 Å². The van der Waals surface area contributed by atoms with Crippen molar-refractivity contribution in [3.63, 3.8) is 0 Å². The van der Waals surface area contributed by atoms with Crippen LogP contribution in [0.4, 0.5) is 16.4 Å². The molecule has 1 amide bonds. The van der Waals surface area contributed by atoms with Gasteiger partial charge in [0.1, 0.15) is 5.60 Å². The molecule has 0 saturated carbocycles. The fraction of sp³-hybridized carbons (Fsp3) is 0.379. The number of piperazine rings is 1. The van der Waals surface area contributed by atoms with Crippen LogP contribution in [0.25, 0.3) is 11.3 Å². The number of rotatable bonds is 9. The first kappa shape index (κ1) is 28.0. The number of carbonyl (C=O) groups is 2. The van der Waals surface area contributed by atoms with E-state index < -0.39 is 11.7 Å². The molecule has 3 aromatic rings. The number of carbonyl (C=O) groups excluding carboxylic acids is 1. The number of ether oxygens (including phenoxy) is 1. The van der Waals surface area contributed by atoms with Gasteiger partial charge >= 0.3 is 12.1 Å². The van der Waals surface area contributed by atoms with Crippen LogP contribution in [-0.4, -0.2) is 69.9 Å². The molecule has 1 saturated heterocycles. The molecule has 4 rings (SSSR count). The van der Waals surface area contributed by atoms with Gasteiger partial charge in [-0.05, 0) is 56.5 Å². The number of anilines is 2. The molecular weight excluding hydrogens is 496 g/mol. The Hall–Kier alpha value is -4.02. The Balaban J connectivity index is 1.33. The summed E-state index contributed by atoms with van der Waals surface area (Å²) in [6, 6.07) is 17.9. The third kappa shape index (κ3) is 8.76. The highest BCUT2D eigenvalue weighted by molar-refractivity contribution is 5.72. The average Bonchev–Trinajstić information content (AvgIpc) is 2.89. The van der Waals surface area contributed by atoms with E-state index in [9.17, 15) is 14.7 Å². The molecule has 206 valence electrons. The number of nitrogens with one attached hydrogen (secondary N) is 3. The second kappa shape index (κ2) is 12.7. The first-order chi connectivity index (χ1) is 18.6. The van der Waals surface area contributed by atoms with Gasteiger partial charge in [0.05, 0.1) is 12.2 Å². The maximum Gasteiger partial charge on any atom is 0.407 e. The Labute approximate surface area is 228 Å². The van der Waals surface area contributed by atoms with Crippen molar-refractivity contribution in [2.45, 2.75) is 45.4 Å². The normalized spacial score (nSPS) is 15.6. The Morgan fingerprint density at radius 1 is 1.13 bits per heavy atom. The van der Waals surface area contributed by atoms with Gasteiger partial charge in [-0.2, -0.15) is 0 Å². The van der Waals surface area contributed by atoms with Crippen LogP contribution in [0, 0.1) is 0 Å². The summed E-state index contributed by atoms with van der Waals surface area (Å²) in [7, 11) is 0. The molecule has 1 unspecified atom stereocenters. The van der Waals surface area contributed by atoms with Gasteiger partial charge in [-0.3, -0.25) is 4.79 Å². The van der Waals surface area contributed by atoms with Gasteiger partial charge in [-0.1, -0.05) is 36.4 Å². The molecule has 0 radical (unpaired) electrons. The maximum atomic E-state index is 11.9. The molecule has 1 aromatic heterocycles. The van der Waals surface area contributed by atoms with Crippen LogP contribution in [0.3, 0.4) is 0 Å². The van der Waals surface area contributed by atoms with Gasteiger partial charge in [-0.25, -0.2) is 14.8 Å². The topological polar surface area (TPSA) is 129 Å². The third-order valence-electron chi connectivity index (χ3n) is 6.12. The van der Waals surface area contributed by atoms with Crippen LogP contribution in [0.1, 0.15) is 31.9 Å². The summed E-state index contributed by atoms with van der Waals surface area (Å²) in [4.78, 5) is 33.7. The van der Waals surface area contributed by atoms with Crippen LogP contribution >= 0.6 is 0 Å². The Bertz CT molecular complexity index is 1280. The number of carboxylic acid groups (broad SMARTS) is 1. The lowest BCUT2D eigenvalue weighted by Gasteiger charge is -2.32. The predicted molar refractivity (Wildman–Crippen MR) is 150 cm³/mol. The molecule has 2 aromatic carbocycles. The van der Waals surface area contributed by atoms with Crippen LogP contribution in [0.15, 0.2) is 60.8 Å². The van der Waals surface area contributed by atoms with Crippen LogP contribution in [0.2, 0.25) is 0 Å². The van der Waals surface area contributed by atoms with E-state index in [1.54, 1.807) is 6.20 Å². The van der Waals surface area contributed by atoms with Gasteiger partial charge in [0.25, 0.3) is 0 Å². The minimum Gasteiger partial charge on any atom is -0.465 e. The van der Waals surface area contributed by atoms with Gasteiger partial charge in [0, 0.05) is 49.7 Å². The van der Waals surface area contributed by atoms with Gasteiger partial charge in [0.2, 0.25) is 5.95 Å². The Morgan fingerprint density at radius 2 is 1.92 bits per heavy atom. The molecule has 39 heavy (non-hydrogen) atoms. The lowest BCUT2D eigenvalue weighted by Crippen LogP contribution is -2.53. The van der Waals surface area contributed by atoms with E-state index in [0.717, 1.165) is 34.5 Å². The number of hydrogen-bond acceptors (Lipinski definition) is 8. The molecule has 1 fully saturated rings. The van der Waals surface area contributed by atoms with Crippen LogP contribution in [-0.2, 0) is 22.5 Å². The largest absolute Gasteiger partial charge is 0.465 e. The predicted octanol–water partition coefficient (Wildman–Crippen LogP) is 3.81. The van der Waals surface area contributed by atoms with Gasteiger partial charge in [0.15, 0.2) is 0 Å². The zero-order valence-corrected chi connectivity index (χ0v) is 22.6. The fourth-order valence-corrected chi connectivity index (χ4v) is 4.39. The lowest BCUT2D eigenvalue weighted by molar-refractivity contribution is -0.153. The lowest BCUT2D eigenvalue weighted by atomic mass is 10.0. The van der Waals surface area contributed by atoms with Crippen LogP contribution < -0.4 is 16.0 Å². The average molecular weight is 533 g/mol. The molecule has 2 heterocycles. The summed E-state index contributed by atoms with van der Waals surface area (Å²) in [5, 5.41) is 19.1. The summed E-state index contributed by atoms with van der Waals surface area (Å²) in [6.07, 6.45) is 1.56. The maximum absolute atomic E-state index is 11.9. The second-order valence-corrected chi connectivity index (χ2v) is 10.6. The monoisotopic (exact) mass is 532 g/mol. The van der Waals surface area contributed by atoms with Crippen molar-refractivity contribution < 1.29 is 19.4 Å². The zero-order valence-electron chi connectivity index (χ0n) is 22.6. The van der Waals surface area contributed by atoms with E-state index in [1.165, 1.54) is 4.90 Å². The van der Waals surface area contributed by atoms with E-state index in [4.69, 9.17) is 4.74 Å². The third-order valence-corrected chi connectivity index (χ3v) is 6.12. The number of aromatic nitrogens is 2. The van der Waals surface area contributed by atoms with Crippen molar-refractivity contribution in [2.24, 2.45) is 0 Å². The van der Waals surface area contributed by atoms with E-state index in [2.05, 4.69) is 25.9 Å². The quantitative estimate of drug-likeness (QED) is 0.304. The molecule has 10 nitrogen and oxygen atoms in total. The molecular formula is C29H36N6O4. The summed E-state index contributed by atoms with van der Waals surface area (Å²) in [5.41, 5.74) is 4.25. The SMILES string of the molecule is CC(C)(C)OC(=O)CNCc1ccc(-c2ccnc(Nc3cccc(CC4CN(C(=O)O)CCN4)c3)n2)cc1. The summed E-state index contributed by atoms with van der Waals surface area (Å²) in [6.45, 7) is 7.88. The molecule has 0 spiro atoms. The number of hydrogen-bond donors (Lipinski definition) is 4. The molecule has 10 heteroatoms. The molecule has 4 N–H and O–H groups in total. The van der Waals surface area contributed by atoms with Crippen molar-refractivity contribution in [3.05, 3.63) is 71.9 Å². The molecule has 1 aliphatic heterocycles. The van der Waals surface area contributed by atoms with Crippen molar-refractivity contribution in [2.75, 3.05) is 31.5 Å². The standard InChI is InChI=1S/C29H36N6O4/c1-29(2,3)39-26(36)18-30-17-20-7-9-22(10-8-20)25-11-12-32-27(34-25)33-23-6-4-5-21(15-23)16-24-19-35(28(37)38)14-13-31-24/h4-12,15,24,30-31H,13-14,16-19H2,1-3H3,(H,37,38)(H,32,33,34). The number of nitrogens with zero attached hydrogens (tertiary/aromatic N) is 3. The van der Waals surface area contributed by atoms with Gasteiger partial charge < -0.3 is 30.7 Å². The number of benzene rings is 2. The van der Waals surface area contributed by atoms with E-state index >= 15 is 0 Å². The summed E-state index contributed by atoms with van der Waals surface area (Å²) >= 11 is 0. The highest BCUT2D eigenvalue weighted by Crippen LogP contribution is 2.21. The molecule has 0 aliphatic carbocycles. The molecule has 0 bridgehead atoms. The minimum atomic E-state index is -0.876. The van der Waals surface area contributed by atoms with Crippen molar-refractivity contribution in [3.8, 4) is 11.3 Å².